The average Bonchev–Trinajstić information content (AvgIpc) is 2.76. The highest BCUT2D eigenvalue weighted by Gasteiger charge is 2.65. The Kier molecular flexibility index (Phi) is 0.894. The van der Waals surface area contributed by atoms with Gasteiger partial charge in [0, 0.05) is 0 Å². The van der Waals surface area contributed by atoms with Crippen LogP contribution in [0.15, 0.2) is 12.2 Å². The van der Waals surface area contributed by atoms with Crippen molar-refractivity contribution in [2.75, 3.05) is 0 Å². The van der Waals surface area contributed by atoms with Gasteiger partial charge in [0.25, 0.3) is 0 Å². The van der Waals surface area contributed by atoms with E-state index in [0.717, 1.165) is 0 Å². The van der Waals surface area contributed by atoms with E-state index in [9.17, 15) is 0 Å². The van der Waals surface area contributed by atoms with Gasteiger partial charge in [0.05, 0.1) is 24.2 Å². The highest BCUT2D eigenvalue weighted by atomic mass is 35.5. The molecule has 6 atom stereocenters. The Hall–Kier alpha value is 0.240. The first-order chi connectivity index (χ1) is 4.80. The summed E-state index contributed by atoms with van der Waals surface area (Å²) >= 11 is 11.7. The molecule has 0 bridgehead atoms. The minimum Gasteiger partial charge on any atom is -0.205 e. The molecule has 2 aliphatic heterocycles. The molecule has 0 aromatic rings. The van der Waals surface area contributed by atoms with E-state index in [-0.39, 0.29) is 0 Å². The van der Waals surface area contributed by atoms with E-state index in [4.69, 9.17) is 23.6 Å². The maximum Gasteiger partial charge on any atom is 0.0650 e. The third kappa shape index (κ3) is 0.505. The van der Waals surface area contributed by atoms with Gasteiger partial charge in [-0.1, -0.05) is 12.2 Å². The quantitative estimate of drug-likeness (QED) is 0.309. The zero-order chi connectivity index (χ0) is 6.88. The van der Waals surface area contributed by atoms with E-state index in [2.05, 4.69) is 12.2 Å². The van der Waals surface area contributed by atoms with Gasteiger partial charge in [-0.2, -0.15) is 0 Å². The van der Waals surface area contributed by atoms with Crippen molar-refractivity contribution in [2.45, 2.75) is 24.2 Å². The van der Waals surface area contributed by atoms with Crippen molar-refractivity contribution >= 4 is 23.6 Å². The molecule has 1 aliphatic carbocycles. The van der Waals surface area contributed by atoms with E-state index in [1.54, 1.807) is 0 Å². The van der Waals surface area contributed by atoms with E-state index in [1.165, 1.54) is 0 Å². The largest absolute Gasteiger partial charge is 0.205 e. The molecule has 2 unspecified atom stereocenters. The Morgan fingerprint density at radius 2 is 1.30 bits per heavy atom. The molecule has 3 rings (SSSR count). The summed E-state index contributed by atoms with van der Waals surface area (Å²) in [6.45, 7) is 0. The summed E-state index contributed by atoms with van der Waals surface area (Å²) in [6, 6.07) is 1.92. The number of halogens is 2. The summed E-state index contributed by atoms with van der Waals surface area (Å²) in [7, 11) is 0. The van der Waals surface area contributed by atoms with Crippen molar-refractivity contribution in [1.29, 1.82) is 0 Å². The predicted molar refractivity (Wildman–Crippen MR) is 39.7 cm³/mol. The highest BCUT2D eigenvalue weighted by molar-refractivity contribution is 6.18. The molecule has 2 nitrogen and oxygen atoms in total. The summed E-state index contributed by atoms with van der Waals surface area (Å²) in [4.78, 5) is 0. The van der Waals surface area contributed by atoms with Crippen LogP contribution in [-0.4, -0.2) is 33.0 Å². The summed E-state index contributed by atoms with van der Waals surface area (Å²) in [5.74, 6) is 0. The zero-order valence-corrected chi connectivity index (χ0v) is 6.63. The molecule has 2 fully saturated rings. The summed E-state index contributed by atoms with van der Waals surface area (Å²) in [6.07, 6.45) is 4.28. The van der Waals surface area contributed by atoms with Gasteiger partial charge in [-0.25, -0.2) is 8.84 Å². The van der Waals surface area contributed by atoms with Crippen molar-refractivity contribution in [3.05, 3.63) is 12.2 Å². The van der Waals surface area contributed by atoms with Gasteiger partial charge in [0.15, 0.2) is 0 Å². The van der Waals surface area contributed by atoms with Crippen LogP contribution in [-0.2, 0) is 0 Å². The Labute approximate surface area is 69.2 Å². The standard InChI is InChI=1S/C6H6Cl2N2/c7-9-3-1-2-4-6(5(3)9)10(4)8/h1-6H/t3-,4+,5-,6+,9?,10?. The third-order valence-corrected chi connectivity index (χ3v) is 3.42. The van der Waals surface area contributed by atoms with Gasteiger partial charge in [0.2, 0.25) is 0 Å². The normalized spacial score (nSPS) is 68.6. The first kappa shape index (κ1) is 5.84. The van der Waals surface area contributed by atoms with Crippen molar-refractivity contribution in [3.63, 3.8) is 0 Å². The molecule has 2 saturated heterocycles. The molecule has 0 saturated carbocycles. The van der Waals surface area contributed by atoms with Crippen LogP contribution in [0.3, 0.4) is 0 Å². The second-order valence-electron chi connectivity index (χ2n) is 3.04. The summed E-state index contributed by atoms with van der Waals surface area (Å²) in [5, 5.41) is 0. The number of rotatable bonds is 0. The Morgan fingerprint density at radius 1 is 0.900 bits per heavy atom. The lowest BCUT2D eigenvalue weighted by molar-refractivity contribution is 0.686. The van der Waals surface area contributed by atoms with Crippen molar-refractivity contribution in [1.82, 2.24) is 8.84 Å². The van der Waals surface area contributed by atoms with E-state index < -0.39 is 0 Å². The highest BCUT2D eigenvalue weighted by Crippen LogP contribution is 2.50. The first-order valence-corrected chi connectivity index (χ1v) is 4.05. The van der Waals surface area contributed by atoms with Crippen LogP contribution in [0, 0.1) is 0 Å². The van der Waals surface area contributed by atoms with E-state index >= 15 is 0 Å². The Bertz CT molecular complexity index is 196. The molecule has 2 heterocycles. The monoisotopic (exact) mass is 176 g/mol. The Morgan fingerprint density at radius 3 is 1.70 bits per heavy atom. The lowest BCUT2D eigenvalue weighted by Gasteiger charge is -1.89. The average molecular weight is 177 g/mol. The number of hydrogen-bond acceptors (Lipinski definition) is 2. The van der Waals surface area contributed by atoms with Crippen LogP contribution in [0.5, 0.6) is 0 Å². The van der Waals surface area contributed by atoms with Crippen LogP contribution in [0.1, 0.15) is 0 Å². The maximum absolute atomic E-state index is 5.84. The van der Waals surface area contributed by atoms with Crippen LogP contribution < -0.4 is 0 Å². The minimum absolute atomic E-state index is 0.465. The second kappa shape index (κ2) is 1.53. The van der Waals surface area contributed by atoms with Gasteiger partial charge in [-0.15, -0.1) is 0 Å². The molecule has 3 aliphatic rings. The zero-order valence-electron chi connectivity index (χ0n) is 5.11. The molecule has 4 heteroatoms. The van der Waals surface area contributed by atoms with Crippen molar-refractivity contribution < 1.29 is 0 Å². The second-order valence-corrected chi connectivity index (χ2v) is 3.82. The molecular weight excluding hydrogens is 171 g/mol. The van der Waals surface area contributed by atoms with Gasteiger partial charge < -0.3 is 0 Å². The number of hydrogen-bond donors (Lipinski definition) is 0. The minimum atomic E-state index is 0.465. The molecule has 0 aromatic heterocycles. The molecule has 0 N–H and O–H groups in total. The van der Waals surface area contributed by atoms with Crippen LogP contribution in [0.2, 0.25) is 0 Å². The van der Waals surface area contributed by atoms with Gasteiger partial charge in [-0.3, -0.25) is 0 Å². The van der Waals surface area contributed by atoms with Gasteiger partial charge in [0.1, 0.15) is 0 Å². The smallest absolute Gasteiger partial charge is 0.0650 e. The SMILES string of the molecule is ClN1[C@H]2[C@@H]3[C@H](C=C[C@H]21)N3Cl. The molecule has 54 valence electrons. The van der Waals surface area contributed by atoms with Gasteiger partial charge >= 0.3 is 0 Å². The van der Waals surface area contributed by atoms with Crippen LogP contribution in [0.4, 0.5) is 0 Å². The predicted octanol–water partition coefficient (Wildman–Crippen LogP) is 0.969. The molecule has 0 radical (unpaired) electrons. The van der Waals surface area contributed by atoms with E-state index in [1.807, 2.05) is 8.84 Å². The van der Waals surface area contributed by atoms with Crippen LogP contribution >= 0.6 is 23.6 Å². The van der Waals surface area contributed by atoms with E-state index in [0.29, 0.717) is 24.2 Å². The first-order valence-electron chi connectivity index (χ1n) is 3.37. The lowest BCUT2D eigenvalue weighted by Crippen LogP contribution is -2.08. The van der Waals surface area contributed by atoms with Gasteiger partial charge in [-0.05, 0) is 23.6 Å². The summed E-state index contributed by atoms with van der Waals surface area (Å²) < 4.78 is 3.67. The topological polar surface area (TPSA) is 6.02 Å². The lowest BCUT2D eigenvalue weighted by atomic mass is 10.1. The maximum atomic E-state index is 5.84. The molecule has 0 spiro atoms. The molecular formula is C6H6Cl2N2. The third-order valence-electron chi connectivity index (χ3n) is 2.52. The fraction of sp³-hybridized carbons (Fsp3) is 0.667. The van der Waals surface area contributed by atoms with Crippen molar-refractivity contribution in [3.8, 4) is 0 Å². The fourth-order valence-corrected chi connectivity index (χ4v) is 2.52. The number of nitrogens with zero attached hydrogens (tertiary/aromatic N) is 2. The number of fused-ring (bicyclic) bond motifs is 3. The molecule has 10 heavy (non-hydrogen) atoms. The fourth-order valence-electron chi connectivity index (χ4n) is 1.79. The Balaban J connectivity index is 1.93. The summed E-state index contributed by atoms with van der Waals surface area (Å²) in [5.41, 5.74) is 0. The van der Waals surface area contributed by atoms with Crippen LogP contribution in [0.25, 0.3) is 0 Å². The molecule has 0 amide bonds. The molecule has 0 aromatic carbocycles. The van der Waals surface area contributed by atoms with Crippen molar-refractivity contribution in [2.24, 2.45) is 0 Å².